The van der Waals surface area contributed by atoms with E-state index in [0.29, 0.717) is 5.41 Å². The zero-order valence-electron chi connectivity index (χ0n) is 27.9. The maximum absolute atomic E-state index is 2.35. The van der Waals surface area contributed by atoms with Gasteiger partial charge in [-0.25, -0.2) is 0 Å². The summed E-state index contributed by atoms with van der Waals surface area (Å²) in [6, 6.07) is 0. The van der Waals surface area contributed by atoms with E-state index in [1.165, 1.54) is 122 Å². The molecule has 0 aromatic rings. The SMILES string of the molecule is CCC.CCC.CCC.CCC.CCC.CCCCCCC(CCCC)(CCCC)CCCC. The first-order chi connectivity index (χ1) is 16.3. The van der Waals surface area contributed by atoms with Crippen LogP contribution < -0.4 is 0 Å². The average Bonchev–Trinajstić information content (AvgIpc) is 2.80. The van der Waals surface area contributed by atoms with Crippen LogP contribution in [-0.4, -0.2) is 0 Å². The molecule has 0 unspecified atom stereocenters. The Labute approximate surface area is 224 Å². The average molecular weight is 489 g/mol. The van der Waals surface area contributed by atoms with Crippen molar-refractivity contribution >= 4 is 0 Å². The fourth-order valence-electron chi connectivity index (χ4n) is 3.33. The highest BCUT2D eigenvalue weighted by Gasteiger charge is 2.27. The first-order valence-corrected chi connectivity index (χ1v) is 16.3. The van der Waals surface area contributed by atoms with Crippen LogP contribution in [0.3, 0.4) is 0 Å². The zero-order valence-corrected chi connectivity index (χ0v) is 27.9. The fraction of sp³-hybridized carbons (Fsp3) is 1.00. The van der Waals surface area contributed by atoms with Crippen LogP contribution in [0.5, 0.6) is 0 Å². The molecule has 0 amide bonds. The van der Waals surface area contributed by atoms with E-state index in [2.05, 4.69) is 96.9 Å². The molecule has 0 heterocycles. The second-order valence-electron chi connectivity index (χ2n) is 10.2. The molecule has 0 rings (SSSR count). The van der Waals surface area contributed by atoms with E-state index in [0.717, 1.165) is 0 Å². The van der Waals surface area contributed by atoms with Gasteiger partial charge in [-0.05, 0) is 31.1 Å². The monoisotopic (exact) mass is 489 g/mol. The van der Waals surface area contributed by atoms with Crippen molar-refractivity contribution in [1.29, 1.82) is 0 Å². The van der Waals surface area contributed by atoms with E-state index in [1.807, 2.05) is 0 Å². The summed E-state index contributed by atoms with van der Waals surface area (Å²) < 4.78 is 0. The van der Waals surface area contributed by atoms with E-state index in [9.17, 15) is 0 Å². The predicted octanol–water partition coefficient (Wildman–Crippen LogP) is 14.6. The predicted molar refractivity (Wildman–Crippen MR) is 170 cm³/mol. The van der Waals surface area contributed by atoms with Gasteiger partial charge in [0.05, 0.1) is 0 Å². The van der Waals surface area contributed by atoms with Crippen molar-refractivity contribution < 1.29 is 0 Å². The first-order valence-electron chi connectivity index (χ1n) is 16.3. The Hall–Kier alpha value is 0. The van der Waals surface area contributed by atoms with Crippen molar-refractivity contribution in [3.8, 4) is 0 Å². The van der Waals surface area contributed by atoms with Crippen molar-refractivity contribution in [3.63, 3.8) is 0 Å². The molecule has 0 saturated carbocycles. The second kappa shape index (κ2) is 54.1. The highest BCUT2D eigenvalue weighted by Crippen LogP contribution is 2.41. The molecule has 0 N–H and O–H groups in total. The summed E-state index contributed by atoms with van der Waals surface area (Å²) in [4.78, 5) is 0. The van der Waals surface area contributed by atoms with Crippen LogP contribution in [0.4, 0.5) is 0 Å². The van der Waals surface area contributed by atoms with Gasteiger partial charge in [0.1, 0.15) is 0 Å². The molecular formula is C34H80. The maximum Gasteiger partial charge on any atom is -0.0297 e. The van der Waals surface area contributed by atoms with Crippen molar-refractivity contribution in [2.45, 2.75) is 219 Å². The van der Waals surface area contributed by atoms with Gasteiger partial charge in [0, 0.05) is 0 Å². The minimum Gasteiger partial charge on any atom is -0.0656 e. The molecule has 0 heteroatoms. The minimum absolute atomic E-state index is 0.704. The van der Waals surface area contributed by atoms with Gasteiger partial charge in [0.25, 0.3) is 0 Å². The van der Waals surface area contributed by atoms with Crippen LogP contribution in [0.25, 0.3) is 0 Å². The van der Waals surface area contributed by atoms with Crippen LogP contribution in [-0.2, 0) is 0 Å². The van der Waals surface area contributed by atoms with Crippen LogP contribution in [0.15, 0.2) is 0 Å². The lowest BCUT2D eigenvalue weighted by molar-refractivity contribution is 0.176. The number of hydrogen-bond acceptors (Lipinski definition) is 0. The smallest absolute Gasteiger partial charge is 0.0297 e. The van der Waals surface area contributed by atoms with Crippen molar-refractivity contribution in [2.75, 3.05) is 0 Å². The molecule has 0 atom stereocenters. The topological polar surface area (TPSA) is 0 Å². The third-order valence-electron chi connectivity index (χ3n) is 4.74. The largest absolute Gasteiger partial charge is 0.0656 e. The molecule has 0 saturated heterocycles. The summed E-state index contributed by atoms with van der Waals surface area (Å²) in [5.41, 5.74) is 0.704. The lowest BCUT2D eigenvalue weighted by Gasteiger charge is -2.35. The number of rotatable bonds is 14. The molecule has 0 radical (unpaired) electrons. The Balaban J connectivity index is -0.000000107. The Morgan fingerprint density at radius 2 is 0.471 bits per heavy atom. The van der Waals surface area contributed by atoms with Gasteiger partial charge in [-0.15, -0.1) is 0 Å². The van der Waals surface area contributed by atoms with Gasteiger partial charge in [-0.1, -0.05) is 193 Å². The Kier molecular flexibility index (Phi) is 75.1. The van der Waals surface area contributed by atoms with Gasteiger partial charge in [0.15, 0.2) is 0 Å². The molecule has 0 aliphatic rings. The van der Waals surface area contributed by atoms with Gasteiger partial charge < -0.3 is 0 Å². The molecule has 0 aliphatic heterocycles. The second-order valence-corrected chi connectivity index (χ2v) is 10.2. The number of hydrogen-bond donors (Lipinski definition) is 0. The quantitative estimate of drug-likeness (QED) is 0.213. The summed E-state index contributed by atoms with van der Waals surface area (Å²) in [6.07, 6.45) is 26.4. The summed E-state index contributed by atoms with van der Waals surface area (Å²) in [5.74, 6) is 0. The molecule has 216 valence electrons. The van der Waals surface area contributed by atoms with Crippen LogP contribution >= 0.6 is 0 Å². The van der Waals surface area contributed by atoms with Gasteiger partial charge in [-0.2, -0.15) is 0 Å². The Morgan fingerprint density at radius 1 is 0.265 bits per heavy atom. The molecule has 0 aromatic heterocycles. The number of unbranched alkanes of at least 4 members (excludes halogenated alkanes) is 6. The maximum atomic E-state index is 2.35. The first kappa shape index (κ1) is 47.2. The van der Waals surface area contributed by atoms with Crippen LogP contribution in [0.1, 0.15) is 219 Å². The zero-order chi connectivity index (χ0) is 27.9. The molecule has 0 aromatic carbocycles. The van der Waals surface area contributed by atoms with Crippen molar-refractivity contribution in [1.82, 2.24) is 0 Å². The van der Waals surface area contributed by atoms with E-state index < -0.39 is 0 Å². The van der Waals surface area contributed by atoms with Crippen molar-refractivity contribution in [2.24, 2.45) is 5.41 Å². The highest BCUT2D eigenvalue weighted by atomic mass is 14.3. The molecular weight excluding hydrogens is 408 g/mol. The molecule has 34 heavy (non-hydrogen) atoms. The van der Waals surface area contributed by atoms with E-state index in [1.54, 1.807) is 0 Å². The minimum atomic E-state index is 0.704. The Bertz CT molecular complexity index is 197. The third kappa shape index (κ3) is 63.5. The molecule has 0 aliphatic carbocycles. The van der Waals surface area contributed by atoms with Crippen LogP contribution in [0, 0.1) is 5.41 Å². The van der Waals surface area contributed by atoms with E-state index in [-0.39, 0.29) is 0 Å². The van der Waals surface area contributed by atoms with Crippen molar-refractivity contribution in [3.05, 3.63) is 0 Å². The Morgan fingerprint density at radius 3 is 0.676 bits per heavy atom. The summed E-state index contributed by atoms with van der Waals surface area (Å²) in [5, 5.41) is 0. The molecule has 0 fully saturated rings. The third-order valence-corrected chi connectivity index (χ3v) is 4.74. The summed E-state index contributed by atoms with van der Waals surface area (Å²) in [6.45, 7) is 30.6. The lowest BCUT2D eigenvalue weighted by atomic mass is 9.71. The van der Waals surface area contributed by atoms with E-state index in [4.69, 9.17) is 0 Å². The van der Waals surface area contributed by atoms with E-state index >= 15 is 0 Å². The molecule has 0 nitrogen and oxygen atoms in total. The fourth-order valence-corrected chi connectivity index (χ4v) is 3.33. The normalized spacial score (nSPS) is 9.35. The highest BCUT2D eigenvalue weighted by molar-refractivity contribution is 4.79. The molecule has 0 bridgehead atoms. The lowest BCUT2D eigenvalue weighted by Crippen LogP contribution is -2.21. The van der Waals surface area contributed by atoms with Gasteiger partial charge >= 0.3 is 0 Å². The summed E-state index contributed by atoms with van der Waals surface area (Å²) in [7, 11) is 0. The summed E-state index contributed by atoms with van der Waals surface area (Å²) >= 11 is 0. The van der Waals surface area contributed by atoms with Gasteiger partial charge in [0.2, 0.25) is 0 Å². The standard InChI is InChI=1S/C19H40.5C3H8/c1-5-9-13-14-18-19(15-10-6-2,16-11-7-3)17-12-8-4;5*1-3-2/h5-18H2,1-4H3;5*3H2,1-2H3. The van der Waals surface area contributed by atoms with Gasteiger partial charge in [-0.3, -0.25) is 0 Å². The van der Waals surface area contributed by atoms with Crippen LogP contribution in [0.2, 0.25) is 0 Å². The molecule has 0 spiro atoms.